The SMILES string of the molecule is CCn1nnc2cc(B3OC(C)(C)C(C)(C)O3)cnc21. The van der Waals surface area contributed by atoms with Crippen LogP contribution < -0.4 is 5.46 Å². The van der Waals surface area contributed by atoms with Crippen molar-refractivity contribution in [3.8, 4) is 0 Å². The van der Waals surface area contributed by atoms with Gasteiger partial charge in [-0.25, -0.2) is 9.67 Å². The number of pyridine rings is 1. The highest BCUT2D eigenvalue weighted by atomic mass is 16.7. The molecule has 6 nitrogen and oxygen atoms in total. The Kier molecular flexibility index (Phi) is 2.88. The molecule has 7 heteroatoms. The summed E-state index contributed by atoms with van der Waals surface area (Å²) < 4.78 is 13.8. The van der Waals surface area contributed by atoms with Crippen LogP contribution in [0.2, 0.25) is 0 Å². The lowest BCUT2D eigenvalue weighted by molar-refractivity contribution is 0.00578. The lowest BCUT2D eigenvalue weighted by atomic mass is 9.80. The van der Waals surface area contributed by atoms with Crippen molar-refractivity contribution >= 4 is 23.7 Å². The van der Waals surface area contributed by atoms with Gasteiger partial charge in [0.1, 0.15) is 5.52 Å². The minimum absolute atomic E-state index is 0.354. The Morgan fingerprint density at radius 3 is 2.45 bits per heavy atom. The average molecular weight is 274 g/mol. The van der Waals surface area contributed by atoms with Crippen molar-refractivity contribution in [1.29, 1.82) is 0 Å². The van der Waals surface area contributed by atoms with Crippen LogP contribution in [0.3, 0.4) is 0 Å². The van der Waals surface area contributed by atoms with Gasteiger partial charge in [0, 0.05) is 18.2 Å². The fraction of sp³-hybridized carbons (Fsp3) is 0.615. The molecule has 0 aliphatic carbocycles. The van der Waals surface area contributed by atoms with Crippen LogP contribution in [-0.4, -0.2) is 38.3 Å². The molecule has 2 aromatic rings. The Bertz CT molecular complexity index is 637. The standard InChI is InChI=1S/C13H19BN4O2/c1-6-18-11-10(16-17-18)7-9(8-15-11)14-19-12(2,3)13(4,5)20-14/h7-8H,6H2,1-5H3. The van der Waals surface area contributed by atoms with E-state index >= 15 is 0 Å². The smallest absolute Gasteiger partial charge is 0.399 e. The Morgan fingerprint density at radius 1 is 1.20 bits per heavy atom. The number of nitrogens with zero attached hydrogens (tertiary/aromatic N) is 4. The molecule has 3 heterocycles. The zero-order valence-electron chi connectivity index (χ0n) is 12.5. The zero-order valence-corrected chi connectivity index (χ0v) is 12.5. The van der Waals surface area contributed by atoms with E-state index in [-0.39, 0.29) is 11.2 Å². The van der Waals surface area contributed by atoms with Gasteiger partial charge in [0.2, 0.25) is 0 Å². The molecular weight excluding hydrogens is 255 g/mol. The maximum atomic E-state index is 6.01. The van der Waals surface area contributed by atoms with Crippen LogP contribution in [0, 0.1) is 0 Å². The van der Waals surface area contributed by atoms with E-state index < -0.39 is 7.12 Å². The molecule has 0 bridgehead atoms. The van der Waals surface area contributed by atoms with Crippen molar-refractivity contribution in [2.45, 2.75) is 52.4 Å². The van der Waals surface area contributed by atoms with E-state index in [0.717, 1.165) is 23.2 Å². The first kappa shape index (κ1) is 13.5. The third kappa shape index (κ3) is 1.92. The number of aryl methyl sites for hydroxylation is 1. The van der Waals surface area contributed by atoms with Gasteiger partial charge in [-0.05, 0) is 40.7 Å². The van der Waals surface area contributed by atoms with Gasteiger partial charge < -0.3 is 9.31 Å². The van der Waals surface area contributed by atoms with Crippen LogP contribution in [0.15, 0.2) is 12.3 Å². The van der Waals surface area contributed by atoms with Gasteiger partial charge in [-0.2, -0.15) is 0 Å². The second kappa shape index (κ2) is 4.26. The van der Waals surface area contributed by atoms with E-state index in [0.29, 0.717) is 0 Å². The molecule has 0 aromatic carbocycles. The molecular formula is C13H19BN4O2. The Balaban J connectivity index is 1.96. The van der Waals surface area contributed by atoms with E-state index in [1.165, 1.54) is 0 Å². The van der Waals surface area contributed by atoms with Crippen molar-refractivity contribution in [2.75, 3.05) is 0 Å². The summed E-state index contributed by atoms with van der Waals surface area (Å²) in [5.41, 5.74) is 1.72. The van der Waals surface area contributed by atoms with Crippen LogP contribution >= 0.6 is 0 Å². The van der Waals surface area contributed by atoms with Crippen LogP contribution in [0.1, 0.15) is 34.6 Å². The summed E-state index contributed by atoms with van der Waals surface area (Å²) >= 11 is 0. The van der Waals surface area contributed by atoms with E-state index in [9.17, 15) is 0 Å². The molecule has 0 radical (unpaired) electrons. The maximum absolute atomic E-state index is 6.01. The molecule has 1 aliphatic heterocycles. The fourth-order valence-corrected chi connectivity index (χ4v) is 2.20. The average Bonchev–Trinajstić information content (AvgIpc) is 2.87. The number of hydrogen-bond donors (Lipinski definition) is 0. The summed E-state index contributed by atoms with van der Waals surface area (Å²) in [5.74, 6) is 0. The molecule has 2 aromatic heterocycles. The van der Waals surface area contributed by atoms with Crippen LogP contribution in [0.25, 0.3) is 11.2 Å². The molecule has 1 fully saturated rings. The molecule has 0 unspecified atom stereocenters. The predicted molar refractivity (Wildman–Crippen MR) is 76.7 cm³/mol. The summed E-state index contributed by atoms with van der Waals surface area (Å²) in [6.45, 7) is 10.9. The molecule has 1 aliphatic rings. The first-order valence-corrected chi connectivity index (χ1v) is 6.89. The van der Waals surface area contributed by atoms with Crippen LogP contribution in [0.4, 0.5) is 0 Å². The molecule has 0 amide bonds. The number of hydrogen-bond acceptors (Lipinski definition) is 5. The maximum Gasteiger partial charge on any atom is 0.496 e. The van der Waals surface area contributed by atoms with Crippen molar-refractivity contribution in [1.82, 2.24) is 20.0 Å². The van der Waals surface area contributed by atoms with Gasteiger partial charge in [-0.3, -0.25) is 0 Å². The van der Waals surface area contributed by atoms with Gasteiger partial charge in [0.05, 0.1) is 11.2 Å². The molecule has 1 saturated heterocycles. The predicted octanol–water partition coefficient (Wildman–Crippen LogP) is 1.15. The quantitative estimate of drug-likeness (QED) is 0.769. The van der Waals surface area contributed by atoms with E-state index in [4.69, 9.17) is 9.31 Å². The highest BCUT2D eigenvalue weighted by Crippen LogP contribution is 2.36. The van der Waals surface area contributed by atoms with Gasteiger partial charge in [-0.15, -0.1) is 5.10 Å². The number of fused-ring (bicyclic) bond motifs is 1. The second-order valence-corrected chi connectivity index (χ2v) is 6.10. The normalized spacial score (nSPS) is 20.8. The highest BCUT2D eigenvalue weighted by molar-refractivity contribution is 6.62. The largest absolute Gasteiger partial charge is 0.496 e. The summed E-state index contributed by atoms with van der Waals surface area (Å²) in [4.78, 5) is 4.43. The summed E-state index contributed by atoms with van der Waals surface area (Å²) in [7, 11) is -0.413. The fourth-order valence-electron chi connectivity index (χ4n) is 2.20. The van der Waals surface area contributed by atoms with Crippen LogP contribution in [-0.2, 0) is 15.9 Å². The van der Waals surface area contributed by atoms with Gasteiger partial charge in [0.15, 0.2) is 5.65 Å². The van der Waals surface area contributed by atoms with Gasteiger partial charge >= 0.3 is 7.12 Å². The third-order valence-corrected chi connectivity index (χ3v) is 4.20. The molecule has 106 valence electrons. The third-order valence-electron chi connectivity index (χ3n) is 4.20. The molecule has 3 rings (SSSR count). The van der Waals surface area contributed by atoms with E-state index in [1.807, 2.05) is 40.7 Å². The second-order valence-electron chi connectivity index (χ2n) is 6.10. The van der Waals surface area contributed by atoms with Crippen molar-refractivity contribution in [2.24, 2.45) is 0 Å². The molecule has 0 N–H and O–H groups in total. The van der Waals surface area contributed by atoms with Crippen molar-refractivity contribution in [3.63, 3.8) is 0 Å². The monoisotopic (exact) mass is 274 g/mol. The summed E-state index contributed by atoms with van der Waals surface area (Å²) in [5, 5.41) is 8.19. The van der Waals surface area contributed by atoms with Crippen LogP contribution in [0.5, 0.6) is 0 Å². The van der Waals surface area contributed by atoms with Gasteiger partial charge in [-0.1, -0.05) is 5.21 Å². The Hall–Kier alpha value is -1.47. The highest BCUT2D eigenvalue weighted by Gasteiger charge is 2.51. The summed E-state index contributed by atoms with van der Waals surface area (Å²) in [6.07, 6.45) is 1.78. The number of aromatic nitrogens is 4. The molecule has 0 saturated carbocycles. The Labute approximate surface area is 118 Å². The molecule has 20 heavy (non-hydrogen) atoms. The lowest BCUT2D eigenvalue weighted by Gasteiger charge is -2.32. The van der Waals surface area contributed by atoms with E-state index in [2.05, 4.69) is 15.3 Å². The molecule has 0 atom stereocenters. The number of rotatable bonds is 2. The van der Waals surface area contributed by atoms with E-state index in [1.54, 1.807) is 10.9 Å². The van der Waals surface area contributed by atoms with Crippen molar-refractivity contribution < 1.29 is 9.31 Å². The first-order chi connectivity index (χ1) is 9.34. The minimum Gasteiger partial charge on any atom is -0.399 e. The van der Waals surface area contributed by atoms with Crippen molar-refractivity contribution in [3.05, 3.63) is 12.3 Å². The summed E-state index contributed by atoms with van der Waals surface area (Å²) in [6, 6.07) is 1.93. The molecule has 0 spiro atoms. The topological polar surface area (TPSA) is 62.1 Å². The first-order valence-electron chi connectivity index (χ1n) is 6.89. The Morgan fingerprint density at radius 2 is 1.85 bits per heavy atom. The lowest BCUT2D eigenvalue weighted by Crippen LogP contribution is -2.41. The minimum atomic E-state index is -0.413. The zero-order chi connectivity index (χ0) is 14.5. The van der Waals surface area contributed by atoms with Gasteiger partial charge in [0.25, 0.3) is 0 Å².